The second-order valence-corrected chi connectivity index (χ2v) is 5.93. The summed E-state index contributed by atoms with van der Waals surface area (Å²) in [6.07, 6.45) is 2.90. The van der Waals surface area contributed by atoms with Crippen molar-refractivity contribution >= 4 is 41.2 Å². The van der Waals surface area contributed by atoms with Crippen LogP contribution in [0, 0.1) is 0 Å². The molecule has 1 saturated heterocycles. The third-order valence-electron chi connectivity index (χ3n) is 3.71. The highest BCUT2D eigenvalue weighted by molar-refractivity contribution is 7.80. The lowest BCUT2D eigenvalue weighted by atomic mass is 10.1. The van der Waals surface area contributed by atoms with Gasteiger partial charge in [-0.2, -0.15) is 0 Å². The number of esters is 1. The predicted molar refractivity (Wildman–Crippen MR) is 101 cm³/mol. The maximum Gasteiger partial charge on any atom is 0.308 e. The molecule has 138 valence electrons. The van der Waals surface area contributed by atoms with Gasteiger partial charge in [-0.3, -0.25) is 19.7 Å². The standard InChI is InChI=1S/C18H21N3O4S/c1-2-25-16(23)12-14-17(24)19-10-11-21(14)18(26)20-15(22)9-8-13-6-4-3-5-7-13/h3-9,14H,2,10-12H2,1H3,(H,19,24)(H,20,22,26)/b9-8+. The van der Waals surface area contributed by atoms with Crippen LogP contribution in [0.3, 0.4) is 0 Å². The van der Waals surface area contributed by atoms with E-state index >= 15 is 0 Å². The van der Waals surface area contributed by atoms with Crippen LogP contribution in [-0.4, -0.2) is 53.5 Å². The number of nitrogens with one attached hydrogen (secondary N) is 2. The highest BCUT2D eigenvalue weighted by Crippen LogP contribution is 2.11. The number of hydrogen-bond acceptors (Lipinski definition) is 5. The average molecular weight is 375 g/mol. The van der Waals surface area contributed by atoms with E-state index in [-0.39, 0.29) is 24.0 Å². The van der Waals surface area contributed by atoms with Gasteiger partial charge in [0, 0.05) is 19.2 Å². The smallest absolute Gasteiger partial charge is 0.308 e. The Hall–Kier alpha value is -2.74. The van der Waals surface area contributed by atoms with E-state index in [0.717, 1.165) is 5.56 Å². The average Bonchev–Trinajstić information content (AvgIpc) is 2.62. The molecule has 1 fully saturated rings. The van der Waals surface area contributed by atoms with Gasteiger partial charge in [0.15, 0.2) is 5.11 Å². The van der Waals surface area contributed by atoms with Crippen molar-refractivity contribution in [3.63, 3.8) is 0 Å². The van der Waals surface area contributed by atoms with Crippen LogP contribution in [0.5, 0.6) is 0 Å². The molecular weight excluding hydrogens is 354 g/mol. The third kappa shape index (κ3) is 5.66. The maximum atomic E-state index is 12.1. The zero-order chi connectivity index (χ0) is 18.9. The van der Waals surface area contributed by atoms with Crippen LogP contribution in [-0.2, 0) is 19.1 Å². The van der Waals surface area contributed by atoms with Crippen LogP contribution >= 0.6 is 12.2 Å². The molecule has 0 aliphatic carbocycles. The number of ether oxygens (including phenoxy) is 1. The van der Waals surface area contributed by atoms with E-state index in [1.165, 1.54) is 6.08 Å². The minimum absolute atomic E-state index is 0.108. The van der Waals surface area contributed by atoms with Crippen molar-refractivity contribution in [3.8, 4) is 0 Å². The van der Waals surface area contributed by atoms with Gasteiger partial charge in [0.1, 0.15) is 6.04 Å². The summed E-state index contributed by atoms with van der Waals surface area (Å²) in [5, 5.41) is 5.37. The Labute approximate surface area is 157 Å². The topological polar surface area (TPSA) is 87.7 Å². The summed E-state index contributed by atoms with van der Waals surface area (Å²) in [5.41, 5.74) is 0.881. The molecule has 2 rings (SSSR count). The van der Waals surface area contributed by atoms with Crippen LogP contribution in [0.25, 0.3) is 6.08 Å². The van der Waals surface area contributed by atoms with Crippen LogP contribution in [0.1, 0.15) is 18.9 Å². The highest BCUT2D eigenvalue weighted by Gasteiger charge is 2.33. The zero-order valence-corrected chi connectivity index (χ0v) is 15.3. The van der Waals surface area contributed by atoms with Crippen molar-refractivity contribution in [1.82, 2.24) is 15.5 Å². The summed E-state index contributed by atoms with van der Waals surface area (Å²) >= 11 is 5.26. The number of hydrogen-bond donors (Lipinski definition) is 2. The number of amides is 2. The highest BCUT2D eigenvalue weighted by atomic mass is 32.1. The van der Waals surface area contributed by atoms with Crippen molar-refractivity contribution in [1.29, 1.82) is 0 Å². The maximum absolute atomic E-state index is 12.1. The summed E-state index contributed by atoms with van der Waals surface area (Å²) in [4.78, 5) is 37.5. The van der Waals surface area contributed by atoms with Gasteiger partial charge in [0.05, 0.1) is 13.0 Å². The number of nitrogens with zero attached hydrogens (tertiary/aromatic N) is 1. The van der Waals surface area contributed by atoms with E-state index in [9.17, 15) is 14.4 Å². The molecule has 0 saturated carbocycles. The molecule has 26 heavy (non-hydrogen) atoms. The van der Waals surface area contributed by atoms with Gasteiger partial charge in [-0.25, -0.2) is 0 Å². The predicted octanol–water partition coefficient (Wildman–Crippen LogP) is 0.855. The number of carbonyl (C=O) groups is 3. The van der Waals surface area contributed by atoms with Gasteiger partial charge < -0.3 is 15.0 Å². The molecule has 2 N–H and O–H groups in total. The van der Waals surface area contributed by atoms with E-state index in [2.05, 4.69) is 10.6 Å². The van der Waals surface area contributed by atoms with Crippen LogP contribution in [0.15, 0.2) is 36.4 Å². The van der Waals surface area contributed by atoms with Crippen LogP contribution in [0.2, 0.25) is 0 Å². The van der Waals surface area contributed by atoms with E-state index in [1.807, 2.05) is 30.3 Å². The van der Waals surface area contributed by atoms with E-state index in [4.69, 9.17) is 17.0 Å². The Bertz CT molecular complexity index is 706. The molecule has 1 atom stereocenters. The molecular formula is C18H21N3O4S. The molecule has 1 aromatic carbocycles. The van der Waals surface area contributed by atoms with Crippen LogP contribution < -0.4 is 10.6 Å². The van der Waals surface area contributed by atoms with Crippen molar-refractivity contribution < 1.29 is 19.1 Å². The first kappa shape index (κ1) is 19.6. The molecule has 0 bridgehead atoms. The van der Waals surface area contributed by atoms with Crippen molar-refractivity contribution in [2.24, 2.45) is 0 Å². The normalized spacial score (nSPS) is 16.9. The fourth-order valence-electron chi connectivity index (χ4n) is 2.49. The van der Waals surface area contributed by atoms with E-state index in [1.54, 1.807) is 17.9 Å². The van der Waals surface area contributed by atoms with Crippen molar-refractivity contribution in [2.45, 2.75) is 19.4 Å². The molecule has 1 aliphatic heterocycles. The minimum atomic E-state index is -0.797. The largest absolute Gasteiger partial charge is 0.466 e. The summed E-state index contributed by atoms with van der Waals surface area (Å²) in [5.74, 6) is -1.21. The quantitative estimate of drug-likeness (QED) is 0.451. The molecule has 7 nitrogen and oxygen atoms in total. The zero-order valence-electron chi connectivity index (χ0n) is 14.4. The second-order valence-electron chi connectivity index (χ2n) is 5.55. The molecule has 1 unspecified atom stereocenters. The molecule has 8 heteroatoms. The molecule has 1 heterocycles. The Morgan fingerprint density at radius 2 is 2.12 bits per heavy atom. The first-order valence-electron chi connectivity index (χ1n) is 8.29. The van der Waals surface area contributed by atoms with Crippen LogP contribution in [0.4, 0.5) is 0 Å². The molecule has 1 aromatic rings. The van der Waals surface area contributed by atoms with Gasteiger partial charge in [0.2, 0.25) is 11.8 Å². The molecule has 2 amide bonds. The fraction of sp³-hybridized carbons (Fsp3) is 0.333. The van der Waals surface area contributed by atoms with Gasteiger partial charge in [-0.15, -0.1) is 0 Å². The third-order valence-corrected chi connectivity index (χ3v) is 4.05. The number of thiocarbonyl (C=S) groups is 1. The van der Waals surface area contributed by atoms with Gasteiger partial charge in [-0.1, -0.05) is 30.3 Å². The fourth-order valence-corrected chi connectivity index (χ4v) is 2.81. The molecule has 0 aromatic heterocycles. The lowest BCUT2D eigenvalue weighted by Gasteiger charge is -2.36. The number of piperazine rings is 1. The lowest BCUT2D eigenvalue weighted by molar-refractivity contribution is -0.147. The van der Waals surface area contributed by atoms with Gasteiger partial charge in [0.25, 0.3) is 0 Å². The Morgan fingerprint density at radius 1 is 1.38 bits per heavy atom. The monoisotopic (exact) mass is 375 g/mol. The SMILES string of the molecule is CCOC(=O)CC1C(=O)NCCN1C(=S)NC(=O)/C=C/c1ccccc1. The summed E-state index contributed by atoms with van der Waals surface area (Å²) < 4.78 is 4.90. The van der Waals surface area contributed by atoms with Crippen molar-refractivity contribution in [2.75, 3.05) is 19.7 Å². The first-order chi connectivity index (χ1) is 12.5. The summed E-state index contributed by atoms with van der Waals surface area (Å²) in [6.45, 7) is 2.71. The molecule has 0 radical (unpaired) electrons. The Morgan fingerprint density at radius 3 is 2.81 bits per heavy atom. The summed E-state index contributed by atoms with van der Waals surface area (Å²) in [7, 11) is 0. The Kier molecular flexibility index (Phi) is 7.28. The number of benzene rings is 1. The minimum Gasteiger partial charge on any atom is -0.466 e. The second kappa shape index (κ2) is 9.67. The number of rotatable bonds is 5. The molecule has 0 spiro atoms. The lowest BCUT2D eigenvalue weighted by Crippen LogP contribution is -2.60. The molecule has 1 aliphatic rings. The van der Waals surface area contributed by atoms with E-state index in [0.29, 0.717) is 13.1 Å². The van der Waals surface area contributed by atoms with E-state index < -0.39 is 17.9 Å². The Balaban J connectivity index is 1.98. The van der Waals surface area contributed by atoms with Crippen molar-refractivity contribution in [3.05, 3.63) is 42.0 Å². The number of carbonyl (C=O) groups excluding carboxylic acids is 3. The first-order valence-corrected chi connectivity index (χ1v) is 8.70. The van der Waals surface area contributed by atoms with Gasteiger partial charge >= 0.3 is 5.97 Å². The summed E-state index contributed by atoms with van der Waals surface area (Å²) in [6, 6.07) is 8.56. The van der Waals surface area contributed by atoms with Gasteiger partial charge in [-0.05, 0) is 30.8 Å².